The number of carbonyl (C=O) groups is 1. The van der Waals surface area contributed by atoms with Gasteiger partial charge >= 0.3 is 0 Å². The number of hydrogen-bond donors (Lipinski definition) is 3. The molecule has 1 aromatic heterocycles. The van der Waals surface area contributed by atoms with Gasteiger partial charge in [-0.15, -0.1) is 17.7 Å². The Balaban J connectivity index is 1.94. The van der Waals surface area contributed by atoms with Crippen molar-refractivity contribution in [3.63, 3.8) is 0 Å². The van der Waals surface area contributed by atoms with Crippen molar-refractivity contribution < 1.29 is 17.8 Å². The number of aromatic nitrogens is 4. The van der Waals surface area contributed by atoms with E-state index in [1.54, 1.807) is 24.3 Å². The normalized spacial score (nSPS) is 11.3. The Morgan fingerprint density at radius 3 is 2.60 bits per heavy atom. The van der Waals surface area contributed by atoms with Crippen molar-refractivity contribution in [3.05, 3.63) is 54.1 Å². The lowest BCUT2D eigenvalue weighted by molar-refractivity contribution is 0.102. The number of benzene rings is 2. The molecule has 0 unspecified atom stereocenters. The van der Waals surface area contributed by atoms with Crippen LogP contribution in [0.2, 0.25) is 0 Å². The van der Waals surface area contributed by atoms with Crippen molar-refractivity contribution >= 4 is 34.3 Å². The molecule has 3 rings (SSSR count). The highest BCUT2D eigenvalue weighted by atomic mass is 32.2. The number of carbonyl (C=O) groups excluding carboxylic acids is 1. The van der Waals surface area contributed by atoms with Crippen molar-refractivity contribution in [1.29, 1.82) is 0 Å². The summed E-state index contributed by atoms with van der Waals surface area (Å²) < 4.78 is 32.8. The van der Waals surface area contributed by atoms with E-state index in [1.165, 1.54) is 22.9 Å². The lowest BCUT2D eigenvalue weighted by Crippen LogP contribution is -2.15. The second kappa shape index (κ2) is 6.63. The van der Waals surface area contributed by atoms with Gasteiger partial charge in [0.25, 0.3) is 16.0 Å². The fraction of sp³-hybridized carbons (Fsp3) is 0. The number of nitrogens with one attached hydrogen (secondary N) is 1. The van der Waals surface area contributed by atoms with E-state index in [1.807, 2.05) is 0 Å². The summed E-state index contributed by atoms with van der Waals surface area (Å²) in [5.41, 5.74) is 0.942. The molecule has 0 saturated heterocycles. The maximum atomic E-state index is 12.4. The molecule has 1 amide bonds. The molecule has 11 heteroatoms. The van der Waals surface area contributed by atoms with E-state index < -0.39 is 16.0 Å². The van der Waals surface area contributed by atoms with E-state index in [-0.39, 0.29) is 15.6 Å². The highest BCUT2D eigenvalue weighted by Gasteiger charge is 2.15. The van der Waals surface area contributed by atoms with Crippen LogP contribution in [0.4, 0.5) is 5.69 Å². The van der Waals surface area contributed by atoms with Gasteiger partial charge in [-0.2, -0.15) is 13.1 Å². The van der Waals surface area contributed by atoms with Crippen molar-refractivity contribution in [3.8, 4) is 5.69 Å². The number of rotatable bonds is 4. The third-order valence-electron chi connectivity index (χ3n) is 3.23. The molecule has 0 aliphatic heterocycles. The van der Waals surface area contributed by atoms with Crippen LogP contribution >= 0.6 is 12.6 Å². The van der Waals surface area contributed by atoms with Crippen molar-refractivity contribution in [2.45, 2.75) is 10.1 Å². The van der Waals surface area contributed by atoms with Crippen LogP contribution in [0.5, 0.6) is 0 Å². The number of anilines is 1. The van der Waals surface area contributed by atoms with E-state index in [0.717, 1.165) is 6.07 Å². The number of para-hydroxylation sites is 2. The van der Waals surface area contributed by atoms with Gasteiger partial charge in [0.2, 0.25) is 5.16 Å². The Bertz CT molecular complexity index is 1050. The Morgan fingerprint density at radius 1 is 1.16 bits per heavy atom. The average Bonchev–Trinajstić information content (AvgIpc) is 3.00. The average molecular weight is 377 g/mol. The summed E-state index contributed by atoms with van der Waals surface area (Å²) in [5.74, 6) is -0.563. The van der Waals surface area contributed by atoms with Crippen molar-refractivity contribution in [2.24, 2.45) is 0 Å². The molecule has 1 heterocycles. The first-order valence-corrected chi connectivity index (χ1v) is 8.70. The standard InChI is InChI=1S/C14H11N5O4S2/c20-13(9-4-3-5-10(8-9)25(21,22)23)15-11-6-1-2-7-12(11)19-14(24)16-17-18-19/h1-8H,(H,15,20)(H,16,18,24)(H,21,22,23). The quantitative estimate of drug-likeness (QED) is 0.464. The van der Waals surface area contributed by atoms with Gasteiger partial charge in [-0.25, -0.2) is 0 Å². The van der Waals surface area contributed by atoms with Crippen LogP contribution in [0.1, 0.15) is 10.4 Å². The highest BCUT2D eigenvalue weighted by molar-refractivity contribution is 7.85. The van der Waals surface area contributed by atoms with Gasteiger partial charge in [0.1, 0.15) is 0 Å². The van der Waals surface area contributed by atoms with Crippen molar-refractivity contribution in [1.82, 2.24) is 20.2 Å². The van der Waals surface area contributed by atoms with Crippen LogP contribution in [0.25, 0.3) is 5.69 Å². The number of amides is 1. The zero-order valence-corrected chi connectivity index (χ0v) is 14.1. The molecule has 0 fully saturated rings. The van der Waals surface area contributed by atoms with Crippen LogP contribution < -0.4 is 5.32 Å². The number of nitrogens with zero attached hydrogens (tertiary/aromatic N) is 4. The Labute approximate surface area is 147 Å². The van der Waals surface area contributed by atoms with Crippen LogP contribution in [0.15, 0.2) is 58.6 Å². The molecule has 0 radical (unpaired) electrons. The first-order valence-electron chi connectivity index (χ1n) is 6.82. The van der Waals surface area contributed by atoms with Gasteiger partial charge in [-0.3, -0.25) is 9.35 Å². The molecule has 128 valence electrons. The van der Waals surface area contributed by atoms with Gasteiger partial charge in [-0.05, 0) is 40.8 Å². The lowest BCUT2D eigenvalue weighted by atomic mass is 10.2. The van der Waals surface area contributed by atoms with Crippen LogP contribution in [-0.4, -0.2) is 39.1 Å². The van der Waals surface area contributed by atoms with E-state index in [4.69, 9.17) is 4.55 Å². The third-order valence-corrected chi connectivity index (χ3v) is 4.36. The molecule has 0 bridgehead atoms. The van der Waals surface area contributed by atoms with Crippen LogP contribution in [-0.2, 0) is 10.1 Å². The SMILES string of the molecule is O=C(Nc1ccccc1-n1nnnc1S)c1cccc(S(=O)(=O)O)c1. The van der Waals surface area contributed by atoms with E-state index in [9.17, 15) is 13.2 Å². The lowest BCUT2D eigenvalue weighted by Gasteiger charge is -2.11. The summed E-state index contributed by atoms with van der Waals surface area (Å²) in [6.45, 7) is 0. The van der Waals surface area contributed by atoms with Crippen molar-refractivity contribution in [2.75, 3.05) is 5.32 Å². The molecule has 0 spiro atoms. The molecular formula is C14H11N5O4S2. The van der Waals surface area contributed by atoms with Gasteiger partial charge < -0.3 is 5.32 Å². The minimum absolute atomic E-state index is 0.0627. The number of tetrazole rings is 1. The molecule has 0 atom stereocenters. The molecule has 0 aliphatic carbocycles. The van der Waals surface area contributed by atoms with E-state index >= 15 is 0 Å². The topological polar surface area (TPSA) is 127 Å². The van der Waals surface area contributed by atoms with Gasteiger partial charge in [-0.1, -0.05) is 18.2 Å². The minimum Gasteiger partial charge on any atom is -0.320 e. The fourth-order valence-electron chi connectivity index (χ4n) is 2.09. The second-order valence-electron chi connectivity index (χ2n) is 4.86. The summed E-state index contributed by atoms with van der Waals surface area (Å²) in [5, 5.41) is 13.8. The Morgan fingerprint density at radius 2 is 1.92 bits per heavy atom. The van der Waals surface area contributed by atoms with Gasteiger partial charge in [0, 0.05) is 5.56 Å². The molecule has 9 nitrogen and oxygen atoms in total. The summed E-state index contributed by atoms with van der Waals surface area (Å²) >= 11 is 4.13. The summed E-state index contributed by atoms with van der Waals surface area (Å²) in [6, 6.07) is 11.8. The smallest absolute Gasteiger partial charge is 0.294 e. The van der Waals surface area contributed by atoms with E-state index in [2.05, 4.69) is 33.5 Å². The number of thiol groups is 1. The maximum absolute atomic E-state index is 12.4. The van der Waals surface area contributed by atoms with Gasteiger partial charge in [0.05, 0.1) is 16.3 Å². The first kappa shape index (κ1) is 17.1. The van der Waals surface area contributed by atoms with Gasteiger partial charge in [0.15, 0.2) is 0 Å². The summed E-state index contributed by atoms with van der Waals surface area (Å²) in [6.07, 6.45) is 0. The van der Waals surface area contributed by atoms with Crippen LogP contribution in [0.3, 0.4) is 0 Å². The Kier molecular flexibility index (Phi) is 4.53. The second-order valence-corrected chi connectivity index (χ2v) is 6.69. The van der Waals surface area contributed by atoms with E-state index in [0.29, 0.717) is 11.4 Å². The predicted octanol–water partition coefficient (Wildman–Crippen LogP) is 1.45. The zero-order chi connectivity index (χ0) is 18.0. The molecule has 2 aromatic carbocycles. The molecule has 25 heavy (non-hydrogen) atoms. The molecule has 3 aromatic rings. The minimum atomic E-state index is -4.40. The molecule has 0 saturated carbocycles. The summed E-state index contributed by atoms with van der Waals surface area (Å²) in [4.78, 5) is 12.1. The molecular weight excluding hydrogens is 366 g/mol. The largest absolute Gasteiger partial charge is 0.320 e. The fourth-order valence-corrected chi connectivity index (χ4v) is 2.81. The first-order chi connectivity index (χ1) is 11.9. The number of hydrogen-bond acceptors (Lipinski definition) is 7. The third kappa shape index (κ3) is 3.68. The molecule has 0 aliphatic rings. The predicted molar refractivity (Wildman–Crippen MR) is 90.6 cm³/mol. The Hall–Kier alpha value is -2.76. The monoisotopic (exact) mass is 377 g/mol. The zero-order valence-electron chi connectivity index (χ0n) is 12.4. The summed E-state index contributed by atoms with van der Waals surface area (Å²) in [7, 11) is -4.40. The molecule has 2 N–H and O–H groups in total. The van der Waals surface area contributed by atoms with Crippen LogP contribution in [0, 0.1) is 0 Å². The maximum Gasteiger partial charge on any atom is 0.294 e. The highest BCUT2D eigenvalue weighted by Crippen LogP contribution is 2.22.